The summed E-state index contributed by atoms with van der Waals surface area (Å²) in [7, 11) is 1.31. The monoisotopic (exact) mass is 310 g/mol. The van der Waals surface area contributed by atoms with Crippen molar-refractivity contribution in [3.8, 4) is 0 Å². The van der Waals surface area contributed by atoms with Crippen molar-refractivity contribution in [1.82, 2.24) is 10.4 Å². The van der Waals surface area contributed by atoms with Gasteiger partial charge >= 0.3 is 0 Å². The summed E-state index contributed by atoms with van der Waals surface area (Å²) in [5.41, 5.74) is 0.930. The second-order valence-corrected chi connectivity index (χ2v) is 5.80. The molecule has 1 aliphatic rings. The quantitative estimate of drug-likeness (QED) is 0.810. The van der Waals surface area contributed by atoms with E-state index in [1.165, 1.54) is 18.9 Å². The standard InChI is InChI=1S/C14H18N2O4S/c1-20-16-11(9-17)12(18)15-14(21-2,13(16)19)8-10-6-4-3-5-7-10/h3-7,11,17H,8-9H2,1-2H3,(H,15,18). The van der Waals surface area contributed by atoms with Gasteiger partial charge in [-0.2, -0.15) is 0 Å². The second kappa shape index (κ2) is 6.46. The minimum absolute atomic E-state index is 0.345. The Morgan fingerprint density at radius 2 is 2.05 bits per heavy atom. The molecule has 0 radical (unpaired) electrons. The van der Waals surface area contributed by atoms with Crippen LogP contribution in [-0.4, -0.2) is 52.9 Å². The van der Waals surface area contributed by atoms with Gasteiger partial charge in [0.2, 0.25) is 5.91 Å². The molecule has 1 saturated heterocycles. The molecule has 2 unspecified atom stereocenters. The Bertz CT molecular complexity index is 525. The third-order valence-corrected chi connectivity index (χ3v) is 4.59. The number of nitrogens with zero attached hydrogens (tertiary/aromatic N) is 1. The summed E-state index contributed by atoms with van der Waals surface area (Å²) in [5, 5.41) is 13.0. The van der Waals surface area contributed by atoms with Gasteiger partial charge in [-0.15, -0.1) is 11.8 Å². The maximum absolute atomic E-state index is 12.7. The first kappa shape index (κ1) is 15.8. The third-order valence-electron chi connectivity index (χ3n) is 3.47. The van der Waals surface area contributed by atoms with Crippen molar-refractivity contribution in [2.75, 3.05) is 20.0 Å². The Hall–Kier alpha value is -1.57. The van der Waals surface area contributed by atoms with Crippen molar-refractivity contribution in [2.24, 2.45) is 0 Å². The lowest BCUT2D eigenvalue weighted by Gasteiger charge is -2.43. The average molecular weight is 310 g/mol. The second-order valence-electron chi connectivity index (χ2n) is 4.69. The molecule has 0 aromatic heterocycles. The molecule has 114 valence electrons. The van der Waals surface area contributed by atoms with Crippen LogP contribution in [-0.2, 0) is 20.8 Å². The van der Waals surface area contributed by atoms with Gasteiger partial charge in [0.25, 0.3) is 5.91 Å². The van der Waals surface area contributed by atoms with Gasteiger partial charge in [0.15, 0.2) is 10.9 Å². The molecule has 1 aliphatic heterocycles. The summed E-state index contributed by atoms with van der Waals surface area (Å²) in [6, 6.07) is 8.42. The highest BCUT2D eigenvalue weighted by Crippen LogP contribution is 2.31. The molecule has 0 spiro atoms. The SMILES string of the molecule is CON1C(=O)C(Cc2ccccc2)(SC)NC(=O)C1CO. The van der Waals surface area contributed by atoms with Crippen molar-refractivity contribution in [3.63, 3.8) is 0 Å². The van der Waals surface area contributed by atoms with Crippen molar-refractivity contribution in [1.29, 1.82) is 0 Å². The molecule has 0 aliphatic carbocycles. The van der Waals surface area contributed by atoms with Crippen LogP contribution in [0.4, 0.5) is 0 Å². The molecule has 1 aromatic rings. The number of hydrogen-bond acceptors (Lipinski definition) is 5. The van der Waals surface area contributed by atoms with E-state index in [0.29, 0.717) is 6.42 Å². The summed E-state index contributed by atoms with van der Waals surface area (Å²) in [6.07, 6.45) is 2.10. The molecule has 0 bridgehead atoms. The van der Waals surface area contributed by atoms with Crippen molar-refractivity contribution in [3.05, 3.63) is 35.9 Å². The van der Waals surface area contributed by atoms with Crippen molar-refractivity contribution >= 4 is 23.6 Å². The predicted molar refractivity (Wildman–Crippen MR) is 79.3 cm³/mol. The molecule has 2 amide bonds. The predicted octanol–water partition coefficient (Wildman–Crippen LogP) is 0.169. The van der Waals surface area contributed by atoms with E-state index in [2.05, 4.69) is 5.32 Å². The summed E-state index contributed by atoms with van der Waals surface area (Å²) in [6.45, 7) is -0.485. The molecule has 7 heteroatoms. The first-order valence-electron chi connectivity index (χ1n) is 6.47. The van der Waals surface area contributed by atoms with Gasteiger partial charge in [0, 0.05) is 6.42 Å². The molecule has 6 nitrogen and oxygen atoms in total. The van der Waals surface area contributed by atoms with E-state index >= 15 is 0 Å². The molecule has 2 rings (SSSR count). The van der Waals surface area contributed by atoms with Gasteiger partial charge in [-0.05, 0) is 11.8 Å². The Morgan fingerprint density at radius 1 is 1.38 bits per heavy atom. The fraction of sp³-hybridized carbons (Fsp3) is 0.429. The lowest BCUT2D eigenvalue weighted by atomic mass is 10.0. The zero-order chi connectivity index (χ0) is 15.5. The van der Waals surface area contributed by atoms with E-state index in [1.807, 2.05) is 30.3 Å². The van der Waals surface area contributed by atoms with Crippen LogP contribution in [0.1, 0.15) is 5.56 Å². The van der Waals surface area contributed by atoms with Crippen LogP contribution in [0.25, 0.3) is 0 Å². The number of amides is 2. The largest absolute Gasteiger partial charge is 0.394 e. The van der Waals surface area contributed by atoms with E-state index < -0.39 is 23.4 Å². The summed E-state index contributed by atoms with van der Waals surface area (Å²) in [5.74, 6) is -0.802. The highest BCUT2D eigenvalue weighted by Gasteiger charge is 2.51. The summed E-state index contributed by atoms with van der Waals surface area (Å²) in [4.78, 5) is 28.7. The number of benzene rings is 1. The Balaban J connectivity index is 2.34. The number of piperazine rings is 1. The maximum Gasteiger partial charge on any atom is 0.283 e. The van der Waals surface area contributed by atoms with Gasteiger partial charge in [-0.1, -0.05) is 30.3 Å². The van der Waals surface area contributed by atoms with Crippen LogP contribution in [0.2, 0.25) is 0 Å². The average Bonchev–Trinajstić information content (AvgIpc) is 2.51. The molecule has 2 atom stereocenters. The molecule has 1 fully saturated rings. The molecule has 1 aromatic carbocycles. The first-order valence-corrected chi connectivity index (χ1v) is 7.70. The molecule has 0 saturated carbocycles. The van der Waals surface area contributed by atoms with Crippen LogP contribution in [0.15, 0.2) is 30.3 Å². The Kier molecular flexibility index (Phi) is 4.87. The smallest absolute Gasteiger partial charge is 0.283 e. The lowest BCUT2D eigenvalue weighted by Crippen LogP contribution is -2.70. The van der Waals surface area contributed by atoms with E-state index in [9.17, 15) is 14.7 Å². The van der Waals surface area contributed by atoms with Gasteiger partial charge in [0.1, 0.15) is 0 Å². The van der Waals surface area contributed by atoms with Crippen molar-refractivity contribution in [2.45, 2.75) is 17.3 Å². The number of aliphatic hydroxyl groups excluding tert-OH is 1. The number of nitrogens with one attached hydrogen (secondary N) is 1. The fourth-order valence-corrected chi connectivity index (χ4v) is 3.12. The molecular formula is C14H18N2O4S. The normalized spacial score (nSPS) is 25.9. The minimum Gasteiger partial charge on any atom is -0.394 e. The summed E-state index contributed by atoms with van der Waals surface area (Å²) < 4.78 is 0. The Morgan fingerprint density at radius 3 is 2.57 bits per heavy atom. The van der Waals surface area contributed by atoms with Gasteiger partial charge < -0.3 is 10.4 Å². The van der Waals surface area contributed by atoms with E-state index in [4.69, 9.17) is 4.84 Å². The highest BCUT2D eigenvalue weighted by molar-refractivity contribution is 8.00. The Labute approximate surface area is 127 Å². The highest BCUT2D eigenvalue weighted by atomic mass is 32.2. The number of hydroxylamine groups is 2. The van der Waals surface area contributed by atoms with E-state index in [-0.39, 0.29) is 5.91 Å². The van der Waals surface area contributed by atoms with Crippen LogP contribution in [0, 0.1) is 0 Å². The number of aliphatic hydroxyl groups is 1. The number of carbonyl (C=O) groups excluding carboxylic acids is 2. The molecule has 1 heterocycles. The van der Waals surface area contributed by atoms with Crippen LogP contribution in [0.5, 0.6) is 0 Å². The number of carbonyl (C=O) groups is 2. The van der Waals surface area contributed by atoms with Gasteiger partial charge in [0.05, 0.1) is 13.7 Å². The topological polar surface area (TPSA) is 78.9 Å². The zero-order valence-electron chi connectivity index (χ0n) is 11.9. The number of hydrogen-bond donors (Lipinski definition) is 2. The maximum atomic E-state index is 12.7. The lowest BCUT2D eigenvalue weighted by molar-refractivity contribution is -0.205. The van der Waals surface area contributed by atoms with Crippen LogP contribution < -0.4 is 5.32 Å². The van der Waals surface area contributed by atoms with Crippen LogP contribution >= 0.6 is 11.8 Å². The molecule has 2 N–H and O–H groups in total. The third kappa shape index (κ3) is 2.90. The minimum atomic E-state index is -1.12. The van der Waals surface area contributed by atoms with Crippen LogP contribution in [0.3, 0.4) is 0 Å². The molecule has 21 heavy (non-hydrogen) atoms. The van der Waals surface area contributed by atoms with Crippen molar-refractivity contribution < 1.29 is 19.5 Å². The van der Waals surface area contributed by atoms with Gasteiger partial charge in [-0.3, -0.25) is 14.4 Å². The number of rotatable bonds is 5. The van der Waals surface area contributed by atoms with Gasteiger partial charge in [-0.25, -0.2) is 5.06 Å². The first-order chi connectivity index (χ1) is 10.1. The summed E-state index contributed by atoms with van der Waals surface area (Å²) >= 11 is 1.25. The van der Waals surface area contributed by atoms with E-state index in [1.54, 1.807) is 6.26 Å². The molecular weight excluding hydrogens is 292 g/mol. The van der Waals surface area contributed by atoms with E-state index in [0.717, 1.165) is 10.6 Å². The number of thioether (sulfide) groups is 1. The zero-order valence-corrected chi connectivity index (χ0v) is 12.7. The fourth-order valence-electron chi connectivity index (χ4n) is 2.34.